The van der Waals surface area contributed by atoms with E-state index in [1.165, 1.54) is 0 Å². The number of aryl methyl sites for hydroxylation is 1. The lowest BCUT2D eigenvalue weighted by Crippen LogP contribution is -2.44. The molecule has 1 amide bonds. The molecule has 0 spiro atoms. The summed E-state index contributed by atoms with van der Waals surface area (Å²) in [7, 11) is 0. The van der Waals surface area contributed by atoms with Gasteiger partial charge in [-0.2, -0.15) is 0 Å². The molecule has 1 aromatic rings. The number of thiophene rings is 1. The maximum absolute atomic E-state index is 11.7. The normalized spacial score (nSPS) is 12.5. The van der Waals surface area contributed by atoms with E-state index in [-0.39, 0.29) is 10.8 Å². The van der Waals surface area contributed by atoms with Crippen LogP contribution in [0.2, 0.25) is 0 Å². The van der Waals surface area contributed by atoms with E-state index in [1.54, 1.807) is 33.1 Å². The predicted molar refractivity (Wildman–Crippen MR) is 87.2 cm³/mol. The number of aliphatic carboxylic acids is 1. The first-order valence-electron chi connectivity index (χ1n) is 6.59. The fraction of sp³-hybridized carbons (Fsp3) is 0.538. The molecule has 128 valence electrons. The largest absolute Gasteiger partial charge is 0.480 e. The minimum absolute atomic E-state index is 0.0334. The average Bonchev–Trinajstić information content (AvgIpc) is 2.73. The molecule has 2 N–H and O–H groups in total. The van der Waals surface area contributed by atoms with E-state index >= 15 is 0 Å². The van der Waals surface area contributed by atoms with Gasteiger partial charge < -0.3 is 15.2 Å². The Morgan fingerprint density at radius 2 is 2.13 bits per heavy atom. The number of carboxylic acid groups (broad SMARTS) is 1. The van der Waals surface area contributed by atoms with Crippen LogP contribution in [0.4, 0.5) is 9.80 Å². The van der Waals surface area contributed by atoms with Gasteiger partial charge in [0.25, 0.3) is 0 Å². The Morgan fingerprint density at radius 3 is 2.61 bits per heavy atom. The lowest BCUT2D eigenvalue weighted by atomic mass is 10.2. The Hall–Kier alpha value is -1.81. The van der Waals surface area contributed by atoms with Gasteiger partial charge in [0.05, 0.1) is 4.92 Å². The van der Waals surface area contributed by atoms with Crippen molar-refractivity contribution in [2.45, 2.75) is 44.2 Å². The molecule has 1 rings (SSSR count). The second-order valence-electron chi connectivity index (χ2n) is 5.66. The van der Waals surface area contributed by atoms with Crippen molar-refractivity contribution in [3.63, 3.8) is 0 Å². The predicted octanol–water partition coefficient (Wildman–Crippen LogP) is 3.03. The third kappa shape index (κ3) is 6.06. The van der Waals surface area contributed by atoms with Gasteiger partial charge in [-0.3, -0.25) is 10.1 Å². The number of nitrogens with zero attached hydrogens (tertiary/aromatic N) is 1. The van der Waals surface area contributed by atoms with Crippen molar-refractivity contribution in [1.29, 1.82) is 0 Å². The smallest absolute Gasteiger partial charge is 0.408 e. The van der Waals surface area contributed by atoms with Gasteiger partial charge in [-0.05, 0) is 33.3 Å². The molecule has 1 atom stereocenters. The molecule has 0 saturated carbocycles. The molecule has 23 heavy (non-hydrogen) atoms. The molecular formula is C13H18N2O6S2. The van der Waals surface area contributed by atoms with Crippen molar-refractivity contribution in [3.8, 4) is 0 Å². The lowest BCUT2D eigenvalue weighted by Gasteiger charge is -2.21. The number of nitrogens with one attached hydrogen (secondary N) is 1. The summed E-state index contributed by atoms with van der Waals surface area (Å²) in [6, 6.07) is -1.21. The Morgan fingerprint density at radius 1 is 1.52 bits per heavy atom. The highest BCUT2D eigenvalue weighted by molar-refractivity contribution is 7.99. The van der Waals surface area contributed by atoms with Crippen molar-refractivity contribution in [3.05, 3.63) is 21.1 Å². The molecule has 8 nitrogen and oxygen atoms in total. The zero-order valence-corrected chi connectivity index (χ0v) is 14.7. The highest BCUT2D eigenvalue weighted by Gasteiger charge is 2.26. The molecule has 1 heterocycles. The van der Waals surface area contributed by atoms with E-state index in [9.17, 15) is 24.8 Å². The number of rotatable bonds is 6. The van der Waals surface area contributed by atoms with Gasteiger partial charge in [-0.15, -0.1) is 11.8 Å². The molecule has 0 saturated heterocycles. The van der Waals surface area contributed by atoms with Crippen LogP contribution >= 0.6 is 23.1 Å². The van der Waals surface area contributed by atoms with E-state index in [2.05, 4.69) is 5.32 Å². The maximum Gasteiger partial charge on any atom is 0.408 e. The number of carbonyl (C=O) groups is 2. The third-order valence-electron chi connectivity index (χ3n) is 2.45. The van der Waals surface area contributed by atoms with Crippen LogP contribution in [-0.2, 0) is 9.53 Å². The minimum atomic E-state index is -1.24. The maximum atomic E-state index is 11.7. The molecule has 0 bridgehead atoms. The molecule has 10 heteroatoms. The summed E-state index contributed by atoms with van der Waals surface area (Å²) in [5.41, 5.74) is -0.0451. The first-order valence-corrected chi connectivity index (χ1v) is 8.45. The number of ether oxygens (including phenoxy) is 1. The Kier molecular flexibility index (Phi) is 6.39. The quantitative estimate of drug-likeness (QED) is 0.453. The van der Waals surface area contributed by atoms with E-state index in [1.807, 2.05) is 0 Å². The van der Waals surface area contributed by atoms with Crippen LogP contribution in [0.5, 0.6) is 0 Å². The molecule has 0 unspecified atom stereocenters. The summed E-state index contributed by atoms with van der Waals surface area (Å²) in [6.07, 6.45) is -0.845. The van der Waals surface area contributed by atoms with Crippen LogP contribution in [0.15, 0.2) is 10.3 Å². The average molecular weight is 362 g/mol. The van der Waals surface area contributed by atoms with Crippen LogP contribution < -0.4 is 5.32 Å². The van der Waals surface area contributed by atoms with Gasteiger partial charge in [0.2, 0.25) is 0 Å². The van der Waals surface area contributed by atoms with Gasteiger partial charge in [0.15, 0.2) is 0 Å². The van der Waals surface area contributed by atoms with Crippen molar-refractivity contribution in [1.82, 2.24) is 5.32 Å². The van der Waals surface area contributed by atoms with E-state index < -0.39 is 28.6 Å². The molecule has 0 radical (unpaired) electrons. The second kappa shape index (κ2) is 7.64. The topological polar surface area (TPSA) is 119 Å². The molecule has 0 aliphatic rings. The molecule has 0 aliphatic carbocycles. The van der Waals surface area contributed by atoms with Gasteiger partial charge in [-0.25, -0.2) is 9.59 Å². The number of hydrogen-bond donors (Lipinski definition) is 2. The van der Waals surface area contributed by atoms with Crippen LogP contribution in [0.3, 0.4) is 0 Å². The van der Waals surface area contributed by atoms with Gasteiger partial charge in [0, 0.05) is 11.1 Å². The highest BCUT2D eigenvalue weighted by atomic mass is 32.2. The van der Waals surface area contributed by atoms with E-state index in [0.717, 1.165) is 23.1 Å². The molecule has 1 aromatic heterocycles. The van der Waals surface area contributed by atoms with Crippen LogP contribution in [0.25, 0.3) is 0 Å². The van der Waals surface area contributed by atoms with E-state index in [0.29, 0.717) is 10.5 Å². The van der Waals surface area contributed by atoms with Crippen LogP contribution in [-0.4, -0.2) is 39.5 Å². The third-order valence-corrected chi connectivity index (χ3v) is 4.93. The number of amides is 1. The second-order valence-corrected chi connectivity index (χ2v) is 7.55. The highest BCUT2D eigenvalue weighted by Crippen LogP contribution is 2.38. The monoisotopic (exact) mass is 362 g/mol. The fourth-order valence-corrected chi connectivity index (χ4v) is 3.71. The summed E-state index contributed by atoms with van der Waals surface area (Å²) < 4.78 is 5.01. The number of carbonyl (C=O) groups excluding carboxylic acids is 1. The molecule has 0 aliphatic heterocycles. The zero-order valence-electron chi connectivity index (χ0n) is 13.1. The van der Waals surface area contributed by atoms with Crippen molar-refractivity contribution in [2.75, 3.05) is 5.75 Å². The van der Waals surface area contributed by atoms with Crippen molar-refractivity contribution < 1.29 is 24.4 Å². The fourth-order valence-electron chi connectivity index (χ4n) is 1.51. The lowest BCUT2D eigenvalue weighted by molar-refractivity contribution is -0.382. The summed E-state index contributed by atoms with van der Waals surface area (Å²) in [6.45, 7) is 6.70. The number of hydrogen-bond acceptors (Lipinski definition) is 7. The first-order chi connectivity index (χ1) is 10.5. The number of alkyl carbamates (subject to hydrolysis) is 1. The summed E-state index contributed by atoms with van der Waals surface area (Å²) in [5, 5.41) is 24.0. The van der Waals surface area contributed by atoms with Gasteiger partial charge >= 0.3 is 17.1 Å². The first kappa shape index (κ1) is 19.2. The van der Waals surface area contributed by atoms with E-state index in [4.69, 9.17) is 4.74 Å². The Bertz CT molecular complexity index is 608. The summed E-state index contributed by atoms with van der Waals surface area (Å²) >= 11 is 2.01. The number of carboxylic acids is 1. The molecule has 0 fully saturated rings. The van der Waals surface area contributed by atoms with Crippen molar-refractivity contribution >= 4 is 40.2 Å². The van der Waals surface area contributed by atoms with Gasteiger partial charge in [0.1, 0.15) is 16.5 Å². The summed E-state index contributed by atoms with van der Waals surface area (Å²) in [4.78, 5) is 33.8. The SMILES string of the molecule is Cc1csc([N+](=O)[O-])c1SC[C@@H](NC(=O)OC(C)(C)C)C(=O)O. The number of thioether (sulfide) groups is 1. The Balaban J connectivity index is 2.75. The van der Waals surface area contributed by atoms with Crippen molar-refractivity contribution in [2.24, 2.45) is 0 Å². The molecule has 0 aromatic carbocycles. The van der Waals surface area contributed by atoms with Crippen LogP contribution in [0.1, 0.15) is 26.3 Å². The van der Waals surface area contributed by atoms with Crippen LogP contribution in [0, 0.1) is 17.0 Å². The standard InChI is InChI=1S/C13H18N2O6S2/c1-7-5-23-10(15(19)20)9(7)22-6-8(11(16)17)14-12(18)21-13(2,3)4/h5,8H,6H2,1-4H3,(H,14,18)(H,16,17)/t8-/m1/s1. The number of nitro groups is 1. The Labute approximate surface area is 141 Å². The summed E-state index contributed by atoms with van der Waals surface area (Å²) in [5.74, 6) is -1.29. The molecular weight excluding hydrogens is 344 g/mol. The van der Waals surface area contributed by atoms with Gasteiger partial charge in [-0.1, -0.05) is 11.3 Å². The zero-order chi connectivity index (χ0) is 17.8. The minimum Gasteiger partial charge on any atom is -0.480 e.